The van der Waals surface area contributed by atoms with Gasteiger partial charge < -0.3 is 5.73 Å². The first kappa shape index (κ1) is 14.5. The molecule has 0 atom stereocenters. The average Bonchev–Trinajstić information content (AvgIpc) is 3.08. The lowest BCUT2D eigenvalue weighted by atomic mass is 10.1. The molecule has 6 nitrogen and oxygen atoms in total. The lowest BCUT2D eigenvalue weighted by Crippen LogP contribution is -2.05. The molecule has 0 radical (unpaired) electrons. The van der Waals surface area contributed by atoms with Gasteiger partial charge in [-0.3, -0.25) is 4.98 Å². The van der Waals surface area contributed by atoms with Crippen LogP contribution in [0.5, 0.6) is 0 Å². The Morgan fingerprint density at radius 1 is 0.769 bits per heavy atom. The van der Waals surface area contributed by atoms with Gasteiger partial charge in [-0.05, 0) is 24.3 Å². The Kier molecular flexibility index (Phi) is 3.15. The Morgan fingerprint density at radius 3 is 2.08 bits per heavy atom. The topological polar surface area (TPSA) is 82.5 Å². The summed E-state index contributed by atoms with van der Waals surface area (Å²) in [7, 11) is 0. The van der Waals surface area contributed by atoms with Crippen molar-refractivity contribution in [2.45, 2.75) is 0 Å². The number of nitrogens with two attached hydrogens (primary N) is 1. The minimum Gasteiger partial charge on any atom is -0.382 e. The van der Waals surface area contributed by atoms with E-state index in [4.69, 9.17) is 10.7 Å². The van der Waals surface area contributed by atoms with Crippen molar-refractivity contribution < 1.29 is 0 Å². The molecule has 3 aromatic heterocycles. The first-order valence-electron chi connectivity index (χ1n) is 8.23. The maximum atomic E-state index is 6.43. The van der Waals surface area contributed by atoms with Gasteiger partial charge in [-0.1, -0.05) is 47.7 Å². The summed E-state index contributed by atoms with van der Waals surface area (Å²) in [6.45, 7) is 0. The van der Waals surface area contributed by atoms with Crippen LogP contribution in [0, 0.1) is 0 Å². The minimum atomic E-state index is 0.449. The number of aromatic nitrogens is 5. The van der Waals surface area contributed by atoms with Crippen molar-refractivity contribution in [3.8, 4) is 17.1 Å². The molecule has 2 N–H and O–H groups in total. The Balaban J connectivity index is 1.86. The molecule has 124 valence electrons. The molecule has 0 spiro atoms. The summed E-state index contributed by atoms with van der Waals surface area (Å²) in [5.74, 6) is 0.449. The summed E-state index contributed by atoms with van der Waals surface area (Å²) in [5, 5.41) is 10.6. The second-order valence-corrected chi connectivity index (χ2v) is 5.94. The second-order valence-electron chi connectivity index (χ2n) is 5.94. The number of para-hydroxylation sites is 2. The molecule has 0 unspecified atom stereocenters. The smallest absolute Gasteiger partial charge is 0.157 e. The molecule has 3 heterocycles. The zero-order valence-electron chi connectivity index (χ0n) is 13.7. The van der Waals surface area contributed by atoms with Gasteiger partial charge in [-0.25, -0.2) is 4.98 Å². The van der Waals surface area contributed by atoms with Gasteiger partial charge in [0, 0.05) is 17.0 Å². The maximum Gasteiger partial charge on any atom is 0.157 e. The lowest BCUT2D eigenvalue weighted by Gasteiger charge is -2.11. The molecule has 2 aromatic carbocycles. The van der Waals surface area contributed by atoms with Gasteiger partial charge in [0.05, 0.1) is 22.4 Å². The highest BCUT2D eigenvalue weighted by atomic mass is 15.5. The second kappa shape index (κ2) is 5.63. The fourth-order valence-corrected chi connectivity index (χ4v) is 3.19. The monoisotopic (exact) mass is 338 g/mol. The number of rotatable bonds is 2. The standard InChI is InChI=1S/C20H14N6/c21-20-18(17-11-5-6-12-22-17)24-25-26(20)19-13-7-1-3-9-15(13)23-16-10-4-2-8-14(16)19/h1-12H,21H2. The van der Waals surface area contributed by atoms with Gasteiger partial charge in [-0.2, -0.15) is 4.68 Å². The Labute approximate surface area is 148 Å². The molecule has 5 rings (SSSR count). The highest BCUT2D eigenvalue weighted by Crippen LogP contribution is 2.32. The number of hydrogen-bond acceptors (Lipinski definition) is 5. The first-order chi connectivity index (χ1) is 12.8. The van der Waals surface area contributed by atoms with Crippen LogP contribution in [0.1, 0.15) is 0 Å². The van der Waals surface area contributed by atoms with E-state index < -0.39 is 0 Å². The van der Waals surface area contributed by atoms with Crippen LogP contribution in [-0.4, -0.2) is 25.0 Å². The van der Waals surface area contributed by atoms with Crippen LogP contribution >= 0.6 is 0 Å². The van der Waals surface area contributed by atoms with Crippen LogP contribution in [0.4, 0.5) is 5.82 Å². The van der Waals surface area contributed by atoms with Gasteiger partial charge in [0.15, 0.2) is 11.5 Å². The summed E-state index contributed by atoms with van der Waals surface area (Å²) < 4.78 is 1.68. The van der Waals surface area contributed by atoms with E-state index in [1.165, 1.54) is 0 Å². The van der Waals surface area contributed by atoms with E-state index in [1.54, 1.807) is 10.9 Å². The molecule has 0 saturated carbocycles. The SMILES string of the molecule is Nc1c(-c2ccccn2)nnn1-c1c2ccccc2nc2ccccc12. The van der Waals surface area contributed by atoms with E-state index >= 15 is 0 Å². The molecule has 0 fully saturated rings. The van der Waals surface area contributed by atoms with Crippen LogP contribution in [0.3, 0.4) is 0 Å². The molecule has 0 aliphatic heterocycles. The van der Waals surface area contributed by atoms with Crippen molar-refractivity contribution >= 4 is 27.6 Å². The summed E-state index contributed by atoms with van der Waals surface area (Å²) in [5.41, 5.74) is 10.3. The fraction of sp³-hybridized carbons (Fsp3) is 0. The molecule has 26 heavy (non-hydrogen) atoms. The third kappa shape index (κ3) is 2.12. The summed E-state index contributed by atoms with van der Waals surface area (Å²) in [4.78, 5) is 9.08. The predicted molar refractivity (Wildman–Crippen MR) is 102 cm³/mol. The Morgan fingerprint density at radius 2 is 1.42 bits per heavy atom. The molecule has 6 heteroatoms. The van der Waals surface area contributed by atoms with Crippen molar-refractivity contribution in [1.82, 2.24) is 25.0 Å². The Bertz CT molecular complexity index is 1190. The van der Waals surface area contributed by atoms with Gasteiger partial charge in [0.2, 0.25) is 0 Å². The molecule has 0 bridgehead atoms. The maximum absolute atomic E-state index is 6.43. The molecule has 0 saturated heterocycles. The van der Waals surface area contributed by atoms with Gasteiger partial charge in [-0.15, -0.1) is 5.10 Å². The van der Waals surface area contributed by atoms with Gasteiger partial charge in [0.25, 0.3) is 0 Å². The zero-order chi connectivity index (χ0) is 17.5. The fourth-order valence-electron chi connectivity index (χ4n) is 3.19. The van der Waals surface area contributed by atoms with Crippen LogP contribution in [0.25, 0.3) is 38.9 Å². The highest BCUT2D eigenvalue weighted by Gasteiger charge is 2.18. The van der Waals surface area contributed by atoms with Crippen molar-refractivity contribution in [3.05, 3.63) is 72.9 Å². The van der Waals surface area contributed by atoms with E-state index in [2.05, 4.69) is 15.3 Å². The third-order valence-corrected chi connectivity index (χ3v) is 4.38. The van der Waals surface area contributed by atoms with Gasteiger partial charge >= 0.3 is 0 Å². The predicted octanol–water partition coefficient (Wildman–Crippen LogP) is 3.61. The summed E-state index contributed by atoms with van der Waals surface area (Å²) in [6, 6.07) is 21.5. The van der Waals surface area contributed by atoms with Crippen molar-refractivity contribution in [1.29, 1.82) is 0 Å². The lowest BCUT2D eigenvalue weighted by molar-refractivity contribution is 0.819. The normalized spacial score (nSPS) is 11.2. The number of nitrogens with zero attached hydrogens (tertiary/aromatic N) is 5. The quantitative estimate of drug-likeness (QED) is 0.497. The highest BCUT2D eigenvalue weighted by molar-refractivity contribution is 6.03. The number of benzene rings is 2. The number of pyridine rings is 2. The van der Waals surface area contributed by atoms with E-state index in [0.29, 0.717) is 17.2 Å². The van der Waals surface area contributed by atoms with Crippen LogP contribution in [0.2, 0.25) is 0 Å². The van der Waals surface area contributed by atoms with E-state index in [-0.39, 0.29) is 0 Å². The molecular formula is C20H14N6. The van der Waals surface area contributed by atoms with Crippen molar-refractivity contribution in [3.63, 3.8) is 0 Å². The van der Waals surface area contributed by atoms with E-state index in [1.807, 2.05) is 66.7 Å². The molecule has 5 aromatic rings. The summed E-state index contributed by atoms with van der Waals surface area (Å²) in [6.07, 6.45) is 1.71. The van der Waals surface area contributed by atoms with Crippen molar-refractivity contribution in [2.75, 3.05) is 5.73 Å². The zero-order valence-corrected chi connectivity index (χ0v) is 13.7. The molecule has 0 amide bonds. The molecular weight excluding hydrogens is 324 g/mol. The van der Waals surface area contributed by atoms with E-state index in [0.717, 1.165) is 27.5 Å². The number of fused-ring (bicyclic) bond motifs is 2. The summed E-state index contributed by atoms with van der Waals surface area (Å²) >= 11 is 0. The number of hydrogen-bond donors (Lipinski definition) is 1. The molecule has 0 aliphatic rings. The largest absolute Gasteiger partial charge is 0.382 e. The Hall–Kier alpha value is -3.80. The van der Waals surface area contributed by atoms with Crippen LogP contribution in [-0.2, 0) is 0 Å². The molecule has 0 aliphatic carbocycles. The number of nitrogen functional groups attached to an aromatic ring is 1. The van der Waals surface area contributed by atoms with Crippen molar-refractivity contribution in [2.24, 2.45) is 0 Å². The van der Waals surface area contributed by atoms with Gasteiger partial charge in [0.1, 0.15) is 0 Å². The first-order valence-corrected chi connectivity index (χ1v) is 8.23. The minimum absolute atomic E-state index is 0.449. The van der Waals surface area contributed by atoms with Crippen LogP contribution < -0.4 is 5.73 Å². The van der Waals surface area contributed by atoms with Crippen LogP contribution in [0.15, 0.2) is 72.9 Å². The third-order valence-electron chi connectivity index (χ3n) is 4.38. The number of anilines is 1. The average molecular weight is 338 g/mol. The van der Waals surface area contributed by atoms with E-state index in [9.17, 15) is 0 Å².